The Kier molecular flexibility index (Phi) is 8.34. The predicted molar refractivity (Wildman–Crippen MR) is 109 cm³/mol. The Morgan fingerprint density at radius 1 is 0.720 bits per heavy atom. The van der Waals surface area contributed by atoms with E-state index >= 15 is 0 Å². The Hall–Kier alpha value is -1.99. The van der Waals surface area contributed by atoms with Gasteiger partial charge in [0.25, 0.3) is 0 Å². The quantitative estimate of drug-likeness (QED) is 0.713. The standard InChI is InChI=1S/C18H15P.C4H10O2/c1-4-10-16(11-5-1)19(17-12-6-2-7-13-17)18-14-8-3-9-15-18;1-4(5)3-6-2/h1-15H;4-5H,3H2,1-2H3. The third-order valence-corrected chi connectivity index (χ3v) is 5.89. The van der Waals surface area contributed by atoms with Gasteiger partial charge in [0, 0.05) is 7.11 Å². The van der Waals surface area contributed by atoms with Crippen LogP contribution in [-0.4, -0.2) is 24.9 Å². The summed E-state index contributed by atoms with van der Waals surface area (Å²) >= 11 is 0. The third kappa shape index (κ3) is 6.43. The molecule has 0 aliphatic rings. The van der Waals surface area contributed by atoms with Crippen molar-refractivity contribution < 1.29 is 9.84 Å². The number of ether oxygens (including phenoxy) is 1. The van der Waals surface area contributed by atoms with E-state index in [9.17, 15) is 0 Å². The van der Waals surface area contributed by atoms with E-state index in [-0.39, 0.29) is 6.10 Å². The predicted octanol–water partition coefficient (Wildman–Crippen LogP) is 3.46. The first-order valence-electron chi connectivity index (χ1n) is 8.34. The molecule has 1 atom stereocenters. The summed E-state index contributed by atoms with van der Waals surface area (Å²) in [4.78, 5) is 0. The normalized spacial score (nSPS) is 11.5. The number of hydrogen-bond acceptors (Lipinski definition) is 2. The molecule has 0 aliphatic carbocycles. The molecule has 0 heterocycles. The van der Waals surface area contributed by atoms with Crippen molar-refractivity contribution >= 4 is 23.8 Å². The summed E-state index contributed by atoms with van der Waals surface area (Å²) in [5.41, 5.74) is 0. The Balaban J connectivity index is 0.000000326. The zero-order valence-electron chi connectivity index (χ0n) is 14.7. The van der Waals surface area contributed by atoms with Crippen LogP contribution in [0.2, 0.25) is 0 Å². The molecule has 1 unspecified atom stereocenters. The van der Waals surface area contributed by atoms with E-state index in [2.05, 4.69) is 95.7 Å². The second kappa shape index (κ2) is 10.8. The third-order valence-electron chi connectivity index (χ3n) is 3.45. The van der Waals surface area contributed by atoms with E-state index in [0.717, 1.165) is 0 Å². The van der Waals surface area contributed by atoms with Gasteiger partial charge in [-0.25, -0.2) is 0 Å². The molecule has 3 aromatic rings. The van der Waals surface area contributed by atoms with Gasteiger partial charge >= 0.3 is 0 Å². The van der Waals surface area contributed by atoms with E-state index in [1.54, 1.807) is 14.0 Å². The molecule has 3 aromatic carbocycles. The number of hydrogen-bond donors (Lipinski definition) is 1. The minimum absolute atomic E-state index is 0.324. The minimum Gasteiger partial charge on any atom is -0.391 e. The second-order valence-electron chi connectivity index (χ2n) is 5.65. The van der Waals surface area contributed by atoms with Crippen molar-refractivity contribution in [1.82, 2.24) is 0 Å². The lowest BCUT2D eigenvalue weighted by atomic mass is 10.4. The molecule has 130 valence electrons. The zero-order valence-corrected chi connectivity index (χ0v) is 15.6. The summed E-state index contributed by atoms with van der Waals surface area (Å²) in [6.45, 7) is 2.11. The highest BCUT2D eigenvalue weighted by atomic mass is 31.1. The lowest BCUT2D eigenvalue weighted by Crippen LogP contribution is -2.20. The van der Waals surface area contributed by atoms with E-state index in [0.29, 0.717) is 6.61 Å². The first kappa shape index (κ1) is 19.3. The van der Waals surface area contributed by atoms with Crippen molar-refractivity contribution in [3.63, 3.8) is 0 Å². The molecule has 0 saturated carbocycles. The molecule has 0 amide bonds. The van der Waals surface area contributed by atoms with Crippen LogP contribution in [0.25, 0.3) is 0 Å². The van der Waals surface area contributed by atoms with Gasteiger partial charge in [-0.15, -0.1) is 0 Å². The molecule has 3 heteroatoms. The molecule has 1 N–H and O–H groups in total. The van der Waals surface area contributed by atoms with Crippen molar-refractivity contribution in [3.05, 3.63) is 91.0 Å². The summed E-state index contributed by atoms with van der Waals surface area (Å²) in [6.07, 6.45) is -0.324. The maximum absolute atomic E-state index is 8.43. The molecule has 3 rings (SSSR count). The second-order valence-corrected chi connectivity index (χ2v) is 7.87. The Labute approximate surface area is 151 Å². The lowest BCUT2D eigenvalue weighted by Gasteiger charge is -2.18. The Bertz CT molecular complexity index is 606. The summed E-state index contributed by atoms with van der Waals surface area (Å²) in [5, 5.41) is 12.6. The van der Waals surface area contributed by atoms with Crippen LogP contribution in [0, 0.1) is 0 Å². The topological polar surface area (TPSA) is 29.5 Å². The van der Waals surface area contributed by atoms with Gasteiger partial charge in [0.2, 0.25) is 0 Å². The number of benzene rings is 3. The van der Waals surface area contributed by atoms with Gasteiger partial charge in [-0.2, -0.15) is 0 Å². The highest BCUT2D eigenvalue weighted by Gasteiger charge is 2.14. The Morgan fingerprint density at radius 3 is 1.24 bits per heavy atom. The van der Waals surface area contributed by atoms with Crippen LogP contribution >= 0.6 is 7.92 Å². The van der Waals surface area contributed by atoms with Crippen molar-refractivity contribution in [2.75, 3.05) is 13.7 Å². The first-order valence-corrected chi connectivity index (χ1v) is 9.69. The van der Waals surface area contributed by atoms with Gasteiger partial charge in [-0.3, -0.25) is 0 Å². The SMILES string of the molecule is COCC(C)O.c1ccc(P(c2ccccc2)c2ccccc2)cc1. The van der Waals surface area contributed by atoms with Gasteiger partial charge in [0.05, 0.1) is 12.7 Å². The fourth-order valence-corrected chi connectivity index (χ4v) is 4.72. The van der Waals surface area contributed by atoms with E-state index in [1.165, 1.54) is 15.9 Å². The summed E-state index contributed by atoms with van der Waals surface area (Å²) in [7, 11) is 1.12. The average Bonchev–Trinajstić information content (AvgIpc) is 2.65. The van der Waals surface area contributed by atoms with E-state index in [1.807, 2.05) is 0 Å². The molecule has 2 nitrogen and oxygen atoms in total. The minimum atomic E-state index is -0.446. The van der Waals surface area contributed by atoms with Crippen molar-refractivity contribution in [2.45, 2.75) is 13.0 Å². The van der Waals surface area contributed by atoms with Crippen molar-refractivity contribution in [1.29, 1.82) is 0 Å². The summed E-state index contributed by atoms with van der Waals surface area (Å²) in [6, 6.07) is 32.3. The monoisotopic (exact) mass is 352 g/mol. The van der Waals surface area contributed by atoms with Crippen LogP contribution in [0.1, 0.15) is 6.92 Å². The van der Waals surface area contributed by atoms with Crippen LogP contribution in [0.4, 0.5) is 0 Å². The van der Waals surface area contributed by atoms with Crippen LogP contribution in [0.3, 0.4) is 0 Å². The fraction of sp³-hybridized carbons (Fsp3) is 0.182. The maximum Gasteiger partial charge on any atom is 0.0745 e. The van der Waals surface area contributed by atoms with Crippen LogP contribution < -0.4 is 15.9 Å². The van der Waals surface area contributed by atoms with Gasteiger partial charge in [0.1, 0.15) is 0 Å². The Morgan fingerprint density at radius 2 is 1.04 bits per heavy atom. The number of aliphatic hydroxyl groups excluding tert-OH is 1. The molecule has 0 aliphatic heterocycles. The van der Waals surface area contributed by atoms with Crippen LogP contribution in [0.15, 0.2) is 91.0 Å². The molecule has 25 heavy (non-hydrogen) atoms. The highest BCUT2D eigenvalue weighted by molar-refractivity contribution is 7.79. The van der Waals surface area contributed by atoms with Crippen molar-refractivity contribution in [3.8, 4) is 0 Å². The molecule has 0 fully saturated rings. The number of rotatable bonds is 5. The fourth-order valence-electron chi connectivity index (χ4n) is 2.42. The maximum atomic E-state index is 8.43. The lowest BCUT2D eigenvalue weighted by molar-refractivity contribution is 0.0765. The number of aliphatic hydroxyl groups is 1. The van der Waals surface area contributed by atoms with E-state index in [4.69, 9.17) is 5.11 Å². The van der Waals surface area contributed by atoms with Crippen LogP contribution in [-0.2, 0) is 4.74 Å². The molecule has 0 saturated heterocycles. The van der Waals surface area contributed by atoms with Gasteiger partial charge in [0.15, 0.2) is 0 Å². The van der Waals surface area contributed by atoms with E-state index < -0.39 is 7.92 Å². The van der Waals surface area contributed by atoms with Gasteiger partial charge in [-0.1, -0.05) is 91.0 Å². The highest BCUT2D eigenvalue weighted by Crippen LogP contribution is 2.32. The van der Waals surface area contributed by atoms with Crippen LogP contribution in [0.5, 0.6) is 0 Å². The largest absolute Gasteiger partial charge is 0.391 e. The average molecular weight is 352 g/mol. The summed E-state index contributed by atoms with van der Waals surface area (Å²) in [5.74, 6) is 0. The molecule has 0 bridgehead atoms. The smallest absolute Gasteiger partial charge is 0.0745 e. The molecular formula is C22H25O2P. The van der Waals surface area contributed by atoms with Gasteiger partial charge < -0.3 is 9.84 Å². The van der Waals surface area contributed by atoms with Crippen molar-refractivity contribution in [2.24, 2.45) is 0 Å². The van der Waals surface area contributed by atoms with Gasteiger partial charge in [-0.05, 0) is 30.8 Å². The molecule has 0 aromatic heterocycles. The molecule has 0 spiro atoms. The summed E-state index contributed by atoms with van der Waals surface area (Å²) < 4.78 is 4.55. The zero-order chi connectivity index (χ0) is 17.9. The molecule has 0 radical (unpaired) electrons. The molecular weight excluding hydrogens is 327 g/mol. The number of methoxy groups -OCH3 is 1. The first-order chi connectivity index (χ1) is 12.2.